The number of hydrogen-bond donors (Lipinski definition) is 3. The molecule has 3 saturated carbocycles. The van der Waals surface area contributed by atoms with Crippen molar-refractivity contribution in [1.82, 2.24) is 0 Å². The molecular formula is C27H41F3O3. The van der Waals surface area contributed by atoms with Crippen LogP contribution in [0.15, 0.2) is 35.5 Å². The van der Waals surface area contributed by atoms with Crippen LogP contribution in [0.4, 0.5) is 13.2 Å². The van der Waals surface area contributed by atoms with Crippen LogP contribution in [-0.4, -0.2) is 39.3 Å². The maximum Gasteiger partial charge on any atom is 0.416 e. The van der Waals surface area contributed by atoms with E-state index in [0.717, 1.165) is 44.6 Å². The highest BCUT2D eigenvalue weighted by Crippen LogP contribution is 2.60. The zero-order valence-electron chi connectivity index (χ0n) is 20.3. The first kappa shape index (κ1) is 26.5. The smallest absolute Gasteiger partial charge is 0.393 e. The summed E-state index contributed by atoms with van der Waals surface area (Å²) in [6, 6.07) is 0. The Labute approximate surface area is 196 Å². The Bertz CT molecular complexity index is 782. The number of alkyl halides is 3. The predicted molar refractivity (Wildman–Crippen MR) is 124 cm³/mol. The lowest BCUT2D eigenvalue weighted by Gasteiger charge is -2.44. The van der Waals surface area contributed by atoms with Crippen LogP contribution in [0.25, 0.3) is 0 Å². The Hall–Kier alpha value is -1.11. The Balaban J connectivity index is 1.67. The predicted octanol–water partition coefficient (Wildman–Crippen LogP) is 6.25. The molecule has 3 fully saturated rings. The molecule has 0 amide bonds. The molecule has 3 rings (SSSR count). The van der Waals surface area contributed by atoms with Gasteiger partial charge in [0.25, 0.3) is 0 Å². The summed E-state index contributed by atoms with van der Waals surface area (Å²) >= 11 is 0. The molecule has 0 aromatic heterocycles. The van der Waals surface area contributed by atoms with Gasteiger partial charge in [0.2, 0.25) is 0 Å². The van der Waals surface area contributed by atoms with E-state index in [1.807, 2.05) is 6.08 Å². The van der Waals surface area contributed by atoms with Crippen LogP contribution < -0.4 is 0 Å². The van der Waals surface area contributed by atoms with E-state index < -0.39 is 24.0 Å². The lowest BCUT2D eigenvalue weighted by molar-refractivity contribution is -0.255. The number of allylic oxidation sites excluding steroid dienone is 3. The number of halogens is 3. The molecule has 3 nitrogen and oxygen atoms in total. The van der Waals surface area contributed by atoms with Crippen LogP contribution in [0.3, 0.4) is 0 Å². The molecule has 3 aliphatic carbocycles. The minimum absolute atomic E-state index is 0.136. The van der Waals surface area contributed by atoms with Crippen LogP contribution in [0, 0.1) is 23.2 Å². The highest BCUT2D eigenvalue weighted by atomic mass is 19.4. The first-order chi connectivity index (χ1) is 15.3. The second-order valence-electron chi connectivity index (χ2n) is 11.3. The van der Waals surface area contributed by atoms with E-state index in [9.17, 15) is 28.5 Å². The monoisotopic (exact) mass is 470 g/mol. The van der Waals surface area contributed by atoms with Crippen molar-refractivity contribution in [2.24, 2.45) is 23.2 Å². The van der Waals surface area contributed by atoms with E-state index in [4.69, 9.17) is 0 Å². The summed E-state index contributed by atoms with van der Waals surface area (Å²) in [5.41, 5.74) is 0.544. The van der Waals surface area contributed by atoms with Crippen molar-refractivity contribution < 1.29 is 28.5 Å². The van der Waals surface area contributed by atoms with Gasteiger partial charge in [0.05, 0.1) is 12.2 Å². The molecule has 6 heteroatoms. The standard InChI is InChI=1S/C27H41F3O3/c1-17(7-5-14-26(4,33)27(28,29)30)22-11-12-23-19(8-6-13-25(22,23)3)9-10-20-15-21(31)16-24(32)18(20)2/h9-10,17,21-24,31-33H,2,5-8,11-16H2,1,3-4H3/b19-9+,20-10-/t17-,21-,22-,23?,24+,25-,26?/m1/s1. The molecule has 0 saturated heterocycles. The molecule has 0 spiro atoms. The fourth-order valence-corrected chi connectivity index (χ4v) is 6.79. The third-order valence-electron chi connectivity index (χ3n) is 8.92. The van der Waals surface area contributed by atoms with Gasteiger partial charge in [-0.05, 0) is 92.6 Å². The first-order valence-corrected chi connectivity index (χ1v) is 12.5. The molecule has 0 aliphatic heterocycles. The lowest BCUT2D eigenvalue weighted by atomic mass is 9.60. The summed E-state index contributed by atoms with van der Waals surface area (Å²) in [6.45, 7) is 9.39. The second-order valence-corrected chi connectivity index (χ2v) is 11.3. The maximum atomic E-state index is 13.0. The highest BCUT2D eigenvalue weighted by molar-refractivity contribution is 5.38. The molecule has 7 atom stereocenters. The Morgan fingerprint density at radius 1 is 1.21 bits per heavy atom. The average molecular weight is 471 g/mol. The summed E-state index contributed by atoms with van der Waals surface area (Å²) in [7, 11) is 0. The van der Waals surface area contributed by atoms with Gasteiger partial charge in [0.1, 0.15) is 0 Å². The van der Waals surface area contributed by atoms with Gasteiger partial charge in [-0.25, -0.2) is 0 Å². The largest absolute Gasteiger partial charge is 0.416 e. The third kappa shape index (κ3) is 5.59. The van der Waals surface area contributed by atoms with Crippen molar-refractivity contribution in [2.75, 3.05) is 0 Å². The molecule has 0 bridgehead atoms. The van der Waals surface area contributed by atoms with E-state index in [1.54, 1.807) is 0 Å². The lowest BCUT2D eigenvalue weighted by Crippen LogP contribution is -2.42. The van der Waals surface area contributed by atoms with Gasteiger partial charge >= 0.3 is 6.18 Å². The van der Waals surface area contributed by atoms with Gasteiger partial charge in [0, 0.05) is 6.42 Å². The molecule has 0 radical (unpaired) electrons. The summed E-state index contributed by atoms with van der Waals surface area (Å²) in [6.07, 6.45) is 5.49. The van der Waals surface area contributed by atoms with Crippen LogP contribution in [0.5, 0.6) is 0 Å². The first-order valence-electron chi connectivity index (χ1n) is 12.5. The molecule has 33 heavy (non-hydrogen) atoms. The average Bonchev–Trinajstić information content (AvgIpc) is 3.06. The third-order valence-corrected chi connectivity index (χ3v) is 8.92. The maximum absolute atomic E-state index is 13.0. The van der Waals surface area contributed by atoms with Gasteiger partial charge in [-0.3, -0.25) is 0 Å². The van der Waals surface area contributed by atoms with Gasteiger partial charge in [-0.2, -0.15) is 13.2 Å². The van der Waals surface area contributed by atoms with Gasteiger partial charge in [-0.15, -0.1) is 0 Å². The summed E-state index contributed by atoms with van der Waals surface area (Å²) < 4.78 is 38.9. The van der Waals surface area contributed by atoms with Crippen LogP contribution >= 0.6 is 0 Å². The summed E-state index contributed by atoms with van der Waals surface area (Å²) in [5.74, 6) is 1.23. The normalized spacial score (nSPS) is 38.4. The van der Waals surface area contributed by atoms with Crippen molar-refractivity contribution in [3.05, 3.63) is 35.5 Å². The quantitative estimate of drug-likeness (QED) is 0.430. The van der Waals surface area contributed by atoms with Gasteiger partial charge < -0.3 is 15.3 Å². The zero-order valence-corrected chi connectivity index (χ0v) is 20.3. The van der Waals surface area contributed by atoms with Crippen molar-refractivity contribution in [1.29, 1.82) is 0 Å². The number of aliphatic hydroxyl groups is 3. The topological polar surface area (TPSA) is 60.7 Å². The van der Waals surface area contributed by atoms with Crippen molar-refractivity contribution in [2.45, 2.75) is 109 Å². The van der Waals surface area contributed by atoms with E-state index >= 15 is 0 Å². The van der Waals surface area contributed by atoms with Crippen LogP contribution in [0.1, 0.15) is 85.0 Å². The highest BCUT2D eigenvalue weighted by Gasteiger charge is 2.51. The molecule has 2 unspecified atom stereocenters. The molecule has 0 aromatic rings. The van der Waals surface area contributed by atoms with E-state index in [0.29, 0.717) is 49.0 Å². The van der Waals surface area contributed by atoms with Crippen molar-refractivity contribution in [3.63, 3.8) is 0 Å². The second kappa shape index (κ2) is 9.87. The molecule has 0 aromatic carbocycles. The Morgan fingerprint density at radius 2 is 1.91 bits per heavy atom. The molecule has 0 heterocycles. The number of hydrogen-bond acceptors (Lipinski definition) is 3. The van der Waals surface area contributed by atoms with Gasteiger partial charge in [0.15, 0.2) is 5.60 Å². The van der Waals surface area contributed by atoms with Crippen LogP contribution in [0.2, 0.25) is 0 Å². The number of rotatable bonds is 6. The fraction of sp³-hybridized carbons (Fsp3) is 0.778. The van der Waals surface area contributed by atoms with E-state index in [-0.39, 0.29) is 11.8 Å². The zero-order chi connectivity index (χ0) is 24.6. The van der Waals surface area contributed by atoms with E-state index in [1.165, 1.54) is 5.57 Å². The summed E-state index contributed by atoms with van der Waals surface area (Å²) in [5, 5.41) is 29.9. The van der Waals surface area contributed by atoms with E-state index in [2.05, 4.69) is 26.5 Å². The Morgan fingerprint density at radius 3 is 2.58 bits per heavy atom. The van der Waals surface area contributed by atoms with Crippen LogP contribution in [-0.2, 0) is 0 Å². The minimum Gasteiger partial charge on any atom is -0.393 e. The molecule has 3 N–H and O–H groups in total. The fourth-order valence-electron chi connectivity index (χ4n) is 6.79. The SMILES string of the molecule is C=C1/C(=C\C=C2/CCC[C@@]3(C)C2CC[C@@H]3[C@H](C)CCCC(C)(O)C(F)(F)F)C[C@@H](O)C[C@@H]1O. The number of fused-ring (bicyclic) bond motifs is 1. The molecular weight excluding hydrogens is 429 g/mol. The molecule has 3 aliphatic rings. The minimum atomic E-state index is -4.59. The Kier molecular flexibility index (Phi) is 7.92. The summed E-state index contributed by atoms with van der Waals surface area (Å²) in [4.78, 5) is 0. The van der Waals surface area contributed by atoms with Crippen molar-refractivity contribution in [3.8, 4) is 0 Å². The van der Waals surface area contributed by atoms with Gasteiger partial charge in [-0.1, -0.05) is 44.6 Å². The number of aliphatic hydroxyl groups excluding tert-OH is 2. The molecule has 188 valence electrons. The van der Waals surface area contributed by atoms with Crippen molar-refractivity contribution >= 4 is 0 Å².